The van der Waals surface area contributed by atoms with Gasteiger partial charge in [0.2, 0.25) is 0 Å². The van der Waals surface area contributed by atoms with Crippen molar-refractivity contribution in [2.45, 2.75) is 19.8 Å². The van der Waals surface area contributed by atoms with Crippen molar-refractivity contribution in [3.8, 4) is 11.1 Å². The third-order valence-corrected chi connectivity index (χ3v) is 5.20. The van der Waals surface area contributed by atoms with E-state index in [4.69, 9.17) is 11.6 Å². The lowest BCUT2D eigenvalue weighted by molar-refractivity contribution is -0.143. The highest BCUT2D eigenvalue weighted by atomic mass is 35.5. The Morgan fingerprint density at radius 2 is 1.50 bits per heavy atom. The lowest BCUT2D eigenvalue weighted by Gasteiger charge is -2.17. The minimum atomic E-state index is -0.865. The fourth-order valence-corrected chi connectivity index (χ4v) is 3.72. The van der Waals surface area contributed by atoms with Crippen LogP contribution in [0.3, 0.4) is 0 Å². The summed E-state index contributed by atoms with van der Waals surface area (Å²) in [7, 11) is 0. The summed E-state index contributed by atoms with van der Waals surface area (Å²) in [6.45, 7) is 1.91. The van der Waals surface area contributed by atoms with Crippen molar-refractivity contribution in [1.29, 1.82) is 0 Å². The average molecular weight is 343 g/mol. The van der Waals surface area contributed by atoms with E-state index in [0.29, 0.717) is 17.0 Å². The van der Waals surface area contributed by atoms with Gasteiger partial charge in [-0.1, -0.05) is 54.9 Å². The maximum atomic E-state index is 12.7. The number of Topliss-reactive ketones (excluding diaryl/α,β-unsaturated/α-hetero) is 1. The highest BCUT2D eigenvalue weighted by Crippen LogP contribution is 2.39. The van der Waals surface area contributed by atoms with E-state index in [1.165, 1.54) is 0 Å². The van der Waals surface area contributed by atoms with E-state index in [-0.39, 0.29) is 11.7 Å². The first-order valence-corrected chi connectivity index (χ1v) is 8.48. The number of carboxylic acid groups (broad SMARTS) is 1. The molecule has 1 aliphatic rings. The number of hydrogen-bond acceptors (Lipinski definition) is 2. The van der Waals surface area contributed by atoms with E-state index < -0.39 is 17.8 Å². The number of rotatable bonds is 4. The number of hydrogen-bond donors (Lipinski definition) is 1. The third kappa shape index (κ3) is 3.22. The van der Waals surface area contributed by atoms with Gasteiger partial charge in [0.05, 0.1) is 5.92 Å². The molecular weight excluding hydrogens is 324 g/mol. The highest BCUT2D eigenvalue weighted by Gasteiger charge is 2.42. The van der Waals surface area contributed by atoms with Crippen LogP contribution in [0.15, 0.2) is 48.5 Å². The SMILES string of the molecule is CC1CC[C@H](C(=O)c2ccc(-c3ccc(Cl)cc3)cc2)C1C(=O)O. The molecule has 1 N–H and O–H groups in total. The van der Waals surface area contributed by atoms with Crippen molar-refractivity contribution in [1.82, 2.24) is 0 Å². The maximum Gasteiger partial charge on any atom is 0.307 e. The van der Waals surface area contributed by atoms with Gasteiger partial charge in [0.15, 0.2) is 5.78 Å². The quantitative estimate of drug-likeness (QED) is 0.801. The van der Waals surface area contributed by atoms with E-state index in [1.54, 1.807) is 12.1 Å². The average Bonchev–Trinajstić information content (AvgIpc) is 2.97. The Morgan fingerprint density at radius 1 is 0.958 bits per heavy atom. The van der Waals surface area contributed by atoms with Gasteiger partial charge in [-0.2, -0.15) is 0 Å². The third-order valence-electron chi connectivity index (χ3n) is 4.95. The second-order valence-electron chi connectivity index (χ2n) is 6.47. The molecule has 1 fully saturated rings. The Balaban J connectivity index is 1.81. The van der Waals surface area contributed by atoms with Crippen LogP contribution >= 0.6 is 11.6 Å². The molecule has 2 aromatic rings. The summed E-state index contributed by atoms with van der Waals surface area (Å²) in [6, 6.07) is 14.9. The summed E-state index contributed by atoms with van der Waals surface area (Å²) >= 11 is 5.90. The van der Waals surface area contributed by atoms with Crippen LogP contribution in [-0.2, 0) is 4.79 Å². The van der Waals surface area contributed by atoms with E-state index in [1.807, 2.05) is 43.3 Å². The predicted molar refractivity (Wildman–Crippen MR) is 94.2 cm³/mol. The summed E-state index contributed by atoms with van der Waals surface area (Å²) in [4.78, 5) is 24.2. The Morgan fingerprint density at radius 3 is 2.04 bits per heavy atom. The molecule has 124 valence electrons. The van der Waals surface area contributed by atoms with Crippen LogP contribution in [0, 0.1) is 17.8 Å². The summed E-state index contributed by atoms with van der Waals surface area (Å²) in [5, 5.41) is 10.1. The zero-order valence-corrected chi connectivity index (χ0v) is 14.2. The normalized spacial score (nSPS) is 23.2. The van der Waals surface area contributed by atoms with Gasteiger partial charge < -0.3 is 5.11 Å². The molecule has 3 nitrogen and oxygen atoms in total. The molecule has 0 aromatic heterocycles. The van der Waals surface area contributed by atoms with E-state index in [2.05, 4.69) is 0 Å². The summed E-state index contributed by atoms with van der Waals surface area (Å²) in [6.07, 6.45) is 1.44. The number of carboxylic acids is 1. The summed E-state index contributed by atoms with van der Waals surface area (Å²) in [5.41, 5.74) is 2.60. The van der Waals surface area contributed by atoms with Gasteiger partial charge in [-0.25, -0.2) is 0 Å². The van der Waals surface area contributed by atoms with Gasteiger partial charge in [0.25, 0.3) is 0 Å². The monoisotopic (exact) mass is 342 g/mol. The number of benzene rings is 2. The van der Waals surface area contributed by atoms with Crippen LogP contribution in [0.25, 0.3) is 11.1 Å². The highest BCUT2D eigenvalue weighted by molar-refractivity contribution is 6.30. The van der Waals surface area contributed by atoms with Crippen LogP contribution in [0.4, 0.5) is 0 Å². The molecule has 2 aromatic carbocycles. The van der Waals surface area contributed by atoms with Crippen molar-refractivity contribution >= 4 is 23.4 Å². The van der Waals surface area contributed by atoms with Gasteiger partial charge in [-0.3, -0.25) is 9.59 Å². The zero-order valence-electron chi connectivity index (χ0n) is 13.4. The lowest BCUT2D eigenvalue weighted by Crippen LogP contribution is -2.28. The molecule has 0 bridgehead atoms. The molecule has 1 aliphatic carbocycles. The first kappa shape index (κ1) is 16.7. The van der Waals surface area contributed by atoms with Crippen LogP contribution in [-0.4, -0.2) is 16.9 Å². The molecule has 0 saturated heterocycles. The van der Waals surface area contributed by atoms with Crippen LogP contribution in [0.1, 0.15) is 30.1 Å². The first-order chi connectivity index (χ1) is 11.5. The molecule has 3 rings (SSSR count). The topological polar surface area (TPSA) is 54.4 Å². The second kappa shape index (κ2) is 6.78. The van der Waals surface area contributed by atoms with Gasteiger partial charge in [0.1, 0.15) is 0 Å². The number of ketones is 1. The van der Waals surface area contributed by atoms with Crippen molar-refractivity contribution < 1.29 is 14.7 Å². The van der Waals surface area contributed by atoms with Gasteiger partial charge in [-0.15, -0.1) is 0 Å². The summed E-state index contributed by atoms with van der Waals surface area (Å²) < 4.78 is 0. The number of halogens is 1. The molecule has 2 unspecified atom stereocenters. The van der Waals surface area contributed by atoms with E-state index in [0.717, 1.165) is 17.5 Å². The van der Waals surface area contributed by atoms with Gasteiger partial charge >= 0.3 is 5.97 Å². The Hall–Kier alpha value is -2.13. The Kier molecular flexibility index (Phi) is 4.72. The standard InChI is InChI=1S/C20H19ClO3/c1-12-2-11-17(18(12)20(23)24)19(22)15-5-3-13(4-6-15)14-7-9-16(21)10-8-14/h3-10,12,17-18H,2,11H2,1H3,(H,23,24)/t12?,17-,18?/m0/s1. The van der Waals surface area contributed by atoms with Crippen molar-refractivity contribution in [3.05, 3.63) is 59.1 Å². The molecule has 0 heterocycles. The number of carbonyl (C=O) groups is 2. The fraction of sp³-hybridized carbons (Fsp3) is 0.300. The van der Waals surface area contributed by atoms with Crippen LogP contribution < -0.4 is 0 Å². The molecule has 0 aliphatic heterocycles. The molecule has 0 spiro atoms. The second-order valence-corrected chi connectivity index (χ2v) is 6.91. The molecule has 0 amide bonds. The van der Waals surface area contributed by atoms with Crippen molar-refractivity contribution in [2.75, 3.05) is 0 Å². The zero-order chi connectivity index (χ0) is 17.3. The van der Waals surface area contributed by atoms with Crippen molar-refractivity contribution in [3.63, 3.8) is 0 Å². The summed E-state index contributed by atoms with van der Waals surface area (Å²) in [5.74, 6) is -1.87. The fourth-order valence-electron chi connectivity index (χ4n) is 3.59. The lowest BCUT2D eigenvalue weighted by atomic mass is 9.85. The maximum absolute atomic E-state index is 12.7. The molecule has 4 heteroatoms. The van der Waals surface area contributed by atoms with Gasteiger partial charge in [-0.05, 0) is 42.0 Å². The molecular formula is C20H19ClO3. The first-order valence-electron chi connectivity index (χ1n) is 8.10. The van der Waals surface area contributed by atoms with Crippen LogP contribution in [0.2, 0.25) is 5.02 Å². The van der Waals surface area contributed by atoms with Crippen LogP contribution in [0.5, 0.6) is 0 Å². The van der Waals surface area contributed by atoms with E-state index in [9.17, 15) is 14.7 Å². The van der Waals surface area contributed by atoms with Crippen molar-refractivity contribution in [2.24, 2.45) is 17.8 Å². The largest absolute Gasteiger partial charge is 0.481 e. The molecule has 24 heavy (non-hydrogen) atoms. The number of aliphatic carboxylic acids is 1. The molecule has 3 atom stereocenters. The Bertz CT molecular complexity index is 749. The van der Waals surface area contributed by atoms with Gasteiger partial charge in [0, 0.05) is 16.5 Å². The molecule has 1 saturated carbocycles. The smallest absolute Gasteiger partial charge is 0.307 e. The molecule has 0 radical (unpaired) electrons. The van der Waals surface area contributed by atoms with E-state index >= 15 is 0 Å². The number of carbonyl (C=O) groups excluding carboxylic acids is 1. The minimum absolute atomic E-state index is 0.0461. The predicted octanol–water partition coefficient (Wildman–Crippen LogP) is 4.94. The Labute approximate surface area is 146 Å². The minimum Gasteiger partial charge on any atom is -0.481 e.